The summed E-state index contributed by atoms with van der Waals surface area (Å²) < 4.78 is 10.6. The van der Waals surface area contributed by atoms with Gasteiger partial charge in [0.15, 0.2) is 0 Å². The van der Waals surface area contributed by atoms with Crippen molar-refractivity contribution in [1.29, 1.82) is 0 Å². The highest BCUT2D eigenvalue weighted by molar-refractivity contribution is 9.10. The molecule has 0 aliphatic carbocycles. The summed E-state index contributed by atoms with van der Waals surface area (Å²) in [4.78, 5) is 25.8. The molecule has 2 rings (SSSR count). The van der Waals surface area contributed by atoms with Crippen LogP contribution in [0, 0.1) is 0 Å². The first kappa shape index (κ1) is 16.2. The highest BCUT2D eigenvalue weighted by Crippen LogP contribution is 2.27. The molecule has 7 heteroatoms. The van der Waals surface area contributed by atoms with Crippen LogP contribution in [0.15, 0.2) is 22.7 Å². The van der Waals surface area contributed by atoms with Gasteiger partial charge in [0, 0.05) is 24.4 Å². The minimum Gasteiger partial charge on any atom is -0.496 e. The number of halogens is 1. The Morgan fingerprint density at radius 3 is 2.76 bits per heavy atom. The number of esters is 1. The summed E-state index contributed by atoms with van der Waals surface area (Å²) in [5.41, 5.74) is 0.568. The van der Waals surface area contributed by atoms with Gasteiger partial charge in [0.25, 0.3) is 5.91 Å². The van der Waals surface area contributed by atoms with Crippen LogP contribution < -0.4 is 4.74 Å². The lowest BCUT2D eigenvalue weighted by atomic mass is 10.2. The summed E-state index contributed by atoms with van der Waals surface area (Å²) in [6.07, 6.45) is 0. The zero-order valence-corrected chi connectivity index (χ0v) is 14.2. The van der Waals surface area contributed by atoms with Crippen molar-refractivity contribution in [2.45, 2.75) is 5.25 Å². The van der Waals surface area contributed by atoms with Gasteiger partial charge in [-0.05, 0) is 34.1 Å². The second-order valence-corrected chi connectivity index (χ2v) is 6.65. The Kier molecular flexibility index (Phi) is 5.52. The maximum absolute atomic E-state index is 12.5. The second-order valence-electron chi connectivity index (χ2n) is 4.48. The number of nitrogens with zero attached hydrogens (tertiary/aromatic N) is 1. The van der Waals surface area contributed by atoms with Crippen molar-refractivity contribution < 1.29 is 19.1 Å². The fourth-order valence-electron chi connectivity index (χ4n) is 2.09. The van der Waals surface area contributed by atoms with Crippen molar-refractivity contribution in [3.63, 3.8) is 0 Å². The molecule has 1 saturated heterocycles. The third-order valence-electron chi connectivity index (χ3n) is 3.22. The van der Waals surface area contributed by atoms with E-state index in [1.165, 1.54) is 18.9 Å². The van der Waals surface area contributed by atoms with E-state index in [1.807, 2.05) is 0 Å². The summed E-state index contributed by atoms with van der Waals surface area (Å²) in [6.45, 7) is 1.00. The van der Waals surface area contributed by atoms with Crippen molar-refractivity contribution in [1.82, 2.24) is 4.90 Å². The van der Waals surface area contributed by atoms with Gasteiger partial charge in [0.2, 0.25) is 0 Å². The quantitative estimate of drug-likeness (QED) is 0.760. The normalized spacial score (nSPS) is 18.2. The largest absolute Gasteiger partial charge is 0.496 e. The number of amides is 1. The van der Waals surface area contributed by atoms with E-state index in [0.717, 1.165) is 10.2 Å². The maximum atomic E-state index is 12.5. The SMILES string of the molecule is COC(=O)[C@@H]1CN(C(=O)c2ccc(OC)c(Br)c2)CCS1. The first-order chi connectivity index (χ1) is 10.1. The number of carbonyl (C=O) groups excluding carboxylic acids is 2. The molecule has 114 valence electrons. The molecule has 0 unspecified atom stereocenters. The molecule has 0 radical (unpaired) electrons. The van der Waals surface area contributed by atoms with Crippen molar-refractivity contribution in [2.24, 2.45) is 0 Å². The van der Waals surface area contributed by atoms with Gasteiger partial charge in [-0.15, -0.1) is 11.8 Å². The Morgan fingerprint density at radius 2 is 2.14 bits per heavy atom. The summed E-state index contributed by atoms with van der Waals surface area (Å²) >= 11 is 4.90. The van der Waals surface area contributed by atoms with E-state index < -0.39 is 0 Å². The van der Waals surface area contributed by atoms with Gasteiger partial charge in [-0.2, -0.15) is 0 Å². The van der Waals surface area contributed by atoms with Gasteiger partial charge < -0.3 is 14.4 Å². The lowest BCUT2D eigenvalue weighted by Gasteiger charge is -2.31. The molecule has 1 atom stereocenters. The van der Waals surface area contributed by atoms with Crippen LogP contribution in [0.1, 0.15) is 10.4 Å². The number of thioether (sulfide) groups is 1. The molecule has 1 fully saturated rings. The lowest BCUT2D eigenvalue weighted by molar-refractivity contribution is -0.140. The van der Waals surface area contributed by atoms with Gasteiger partial charge in [-0.3, -0.25) is 9.59 Å². The molecule has 5 nitrogen and oxygen atoms in total. The molecule has 1 heterocycles. The molecule has 0 spiro atoms. The zero-order chi connectivity index (χ0) is 15.4. The Labute approximate surface area is 136 Å². The molecular formula is C14H16BrNO4S. The molecule has 0 bridgehead atoms. The minimum atomic E-state index is -0.311. The monoisotopic (exact) mass is 373 g/mol. The highest BCUT2D eigenvalue weighted by Gasteiger charge is 2.30. The topological polar surface area (TPSA) is 55.8 Å². The van der Waals surface area contributed by atoms with E-state index in [2.05, 4.69) is 15.9 Å². The molecule has 21 heavy (non-hydrogen) atoms. The van der Waals surface area contributed by atoms with E-state index in [4.69, 9.17) is 9.47 Å². The number of ether oxygens (including phenoxy) is 2. The van der Waals surface area contributed by atoms with Crippen LogP contribution in [-0.4, -0.2) is 55.1 Å². The van der Waals surface area contributed by atoms with E-state index in [-0.39, 0.29) is 17.1 Å². The molecule has 0 N–H and O–H groups in total. The lowest BCUT2D eigenvalue weighted by Crippen LogP contribution is -2.44. The predicted molar refractivity (Wildman–Crippen MR) is 84.9 cm³/mol. The summed E-state index contributed by atoms with van der Waals surface area (Å²) in [5, 5.41) is -0.311. The van der Waals surface area contributed by atoms with Gasteiger partial charge in [-0.25, -0.2) is 0 Å². The van der Waals surface area contributed by atoms with Gasteiger partial charge in [0.05, 0.1) is 18.7 Å². The molecule has 1 amide bonds. The Bertz CT molecular complexity index is 552. The highest BCUT2D eigenvalue weighted by atomic mass is 79.9. The molecule has 1 aromatic carbocycles. The van der Waals surface area contributed by atoms with Crippen molar-refractivity contribution in [2.75, 3.05) is 33.1 Å². The van der Waals surface area contributed by atoms with Crippen LogP contribution in [0.5, 0.6) is 5.75 Å². The minimum absolute atomic E-state index is 0.0902. The van der Waals surface area contributed by atoms with Crippen LogP contribution in [0.25, 0.3) is 0 Å². The summed E-state index contributed by atoms with van der Waals surface area (Å²) in [7, 11) is 2.94. The first-order valence-electron chi connectivity index (χ1n) is 6.39. The van der Waals surface area contributed by atoms with E-state index >= 15 is 0 Å². The van der Waals surface area contributed by atoms with Crippen molar-refractivity contribution in [3.05, 3.63) is 28.2 Å². The van der Waals surface area contributed by atoms with E-state index in [0.29, 0.717) is 24.4 Å². The molecule has 1 aliphatic heterocycles. The first-order valence-corrected chi connectivity index (χ1v) is 8.23. The Hall–Kier alpha value is -1.21. The molecule has 0 aromatic heterocycles. The van der Waals surface area contributed by atoms with Gasteiger partial charge >= 0.3 is 5.97 Å². The third kappa shape index (κ3) is 3.71. The van der Waals surface area contributed by atoms with Gasteiger partial charge in [-0.1, -0.05) is 0 Å². The number of hydrogen-bond donors (Lipinski definition) is 0. The number of methoxy groups -OCH3 is 2. The van der Waals surface area contributed by atoms with Crippen LogP contribution in [0.4, 0.5) is 0 Å². The van der Waals surface area contributed by atoms with Crippen molar-refractivity contribution >= 4 is 39.6 Å². The number of hydrogen-bond acceptors (Lipinski definition) is 5. The fraction of sp³-hybridized carbons (Fsp3) is 0.429. The Morgan fingerprint density at radius 1 is 1.38 bits per heavy atom. The molecule has 0 saturated carbocycles. The smallest absolute Gasteiger partial charge is 0.320 e. The van der Waals surface area contributed by atoms with Crippen molar-refractivity contribution in [3.8, 4) is 5.75 Å². The molecular weight excluding hydrogens is 358 g/mol. The molecule has 1 aliphatic rings. The van der Waals surface area contributed by atoms with Crippen LogP contribution in [0.2, 0.25) is 0 Å². The zero-order valence-electron chi connectivity index (χ0n) is 11.8. The summed E-state index contributed by atoms with van der Waals surface area (Å²) in [6, 6.07) is 5.20. The third-order valence-corrected chi connectivity index (χ3v) is 5.00. The van der Waals surface area contributed by atoms with E-state index in [9.17, 15) is 9.59 Å². The molecule has 1 aromatic rings. The number of benzene rings is 1. The average Bonchev–Trinajstić information content (AvgIpc) is 2.53. The van der Waals surface area contributed by atoms with E-state index in [1.54, 1.807) is 30.2 Å². The maximum Gasteiger partial charge on any atom is 0.320 e. The predicted octanol–water partition coefficient (Wildman–Crippen LogP) is 2.19. The second kappa shape index (κ2) is 7.17. The average molecular weight is 374 g/mol. The summed E-state index contributed by atoms with van der Waals surface area (Å²) in [5.74, 6) is 1.03. The van der Waals surface area contributed by atoms with Crippen LogP contribution >= 0.6 is 27.7 Å². The number of carbonyl (C=O) groups is 2. The van der Waals surface area contributed by atoms with Crippen LogP contribution in [-0.2, 0) is 9.53 Å². The number of rotatable bonds is 3. The van der Waals surface area contributed by atoms with Crippen LogP contribution in [0.3, 0.4) is 0 Å². The fourth-order valence-corrected chi connectivity index (χ4v) is 3.76. The standard InChI is InChI=1S/C14H16BrNO4S/c1-19-11-4-3-9(7-10(11)15)13(17)16-5-6-21-12(8-16)14(18)20-2/h3-4,7,12H,5-6,8H2,1-2H3/t12-/m0/s1. The Balaban J connectivity index is 2.12. The van der Waals surface area contributed by atoms with Gasteiger partial charge in [0.1, 0.15) is 11.0 Å².